The van der Waals surface area contributed by atoms with Crippen LogP contribution in [0.4, 0.5) is 13.6 Å². The number of aromatic nitrogens is 4. The summed E-state index contributed by atoms with van der Waals surface area (Å²) in [4.78, 5) is 74.0. The normalized spacial score (nSPS) is 19.5. The first-order valence-corrected chi connectivity index (χ1v) is 23.0. The van der Waals surface area contributed by atoms with Gasteiger partial charge in [0.25, 0.3) is 0 Å². The molecule has 1 aliphatic carbocycles. The van der Waals surface area contributed by atoms with Gasteiger partial charge in [-0.15, -0.1) is 0 Å². The van der Waals surface area contributed by atoms with Gasteiger partial charge >= 0.3 is 12.7 Å². The van der Waals surface area contributed by atoms with Crippen molar-refractivity contribution < 1.29 is 37.4 Å². The lowest BCUT2D eigenvalue weighted by Crippen LogP contribution is -2.51. The van der Waals surface area contributed by atoms with Gasteiger partial charge in [-0.3, -0.25) is 14.4 Å². The molecule has 14 nitrogen and oxygen atoms in total. The summed E-state index contributed by atoms with van der Waals surface area (Å²) in [5.74, 6) is -0.0593. The van der Waals surface area contributed by atoms with Gasteiger partial charge in [-0.1, -0.05) is 80.6 Å². The van der Waals surface area contributed by atoms with E-state index in [0.717, 1.165) is 80.4 Å². The molecule has 7 aromatic rings. The fraction of sp³-hybridized carbons (Fsp3) is 0.373. The first-order chi connectivity index (χ1) is 32.4. The second kappa shape index (κ2) is 18.0. The fourth-order valence-electron chi connectivity index (χ4n) is 9.97. The van der Waals surface area contributed by atoms with Crippen molar-refractivity contribution in [2.45, 2.75) is 76.7 Å². The highest BCUT2D eigenvalue weighted by atomic mass is 19.3. The monoisotopic (exact) mass is 910 g/mol. The third kappa shape index (κ3) is 8.65. The van der Waals surface area contributed by atoms with Crippen molar-refractivity contribution in [1.82, 2.24) is 40.4 Å². The number of ether oxygens (including phenoxy) is 2. The SMILES string of the molecule is COC(=O)NC(C(=O)N1CCCC1c1nc2c(ccc3cc(-c4ccc5c(ccc6[nH]c(C7CC(COC(F)F)CN7C(=O)C(NC(=O)C7CC7)c7ccccc7)nc65)c4)ccc32)[nH]1)C(C)C. The summed E-state index contributed by atoms with van der Waals surface area (Å²) in [6.45, 7) is 1.35. The maximum absolute atomic E-state index is 14.6. The molecule has 10 rings (SSSR count). The Morgan fingerprint density at radius 2 is 1.39 bits per heavy atom. The number of benzene rings is 5. The first-order valence-electron chi connectivity index (χ1n) is 23.0. The van der Waals surface area contributed by atoms with Gasteiger partial charge in [0.2, 0.25) is 17.7 Å². The van der Waals surface area contributed by atoms with Gasteiger partial charge in [-0.25, -0.2) is 14.8 Å². The Bertz CT molecular complexity index is 3020. The zero-order valence-corrected chi connectivity index (χ0v) is 37.4. The van der Waals surface area contributed by atoms with E-state index in [1.165, 1.54) is 7.11 Å². The summed E-state index contributed by atoms with van der Waals surface area (Å²) in [7, 11) is 1.28. The topological polar surface area (TPSA) is 175 Å². The minimum Gasteiger partial charge on any atom is -0.453 e. The van der Waals surface area contributed by atoms with Crippen LogP contribution in [-0.4, -0.2) is 93.0 Å². The van der Waals surface area contributed by atoms with Crippen molar-refractivity contribution >= 4 is 67.4 Å². The lowest BCUT2D eigenvalue weighted by atomic mass is 9.98. The van der Waals surface area contributed by atoms with Gasteiger partial charge < -0.3 is 39.9 Å². The zero-order chi connectivity index (χ0) is 46.5. The molecule has 0 radical (unpaired) electrons. The fourth-order valence-corrected chi connectivity index (χ4v) is 9.97. The summed E-state index contributed by atoms with van der Waals surface area (Å²) in [5, 5.41) is 9.54. The number of alkyl halides is 2. The van der Waals surface area contributed by atoms with E-state index in [2.05, 4.69) is 57.0 Å². The van der Waals surface area contributed by atoms with E-state index < -0.39 is 30.8 Å². The molecule has 0 bridgehead atoms. The standard InChI is InChI=1S/C51H52F2N8O6/c1-27(2)41(59-51(65)66-3)48(63)60-21-7-10-39(60)45-54-37-19-15-33-23-31(13-17-35(33)43(37)56-45)32-14-18-36-34(24-32)16-20-38-44(36)57-46(55-38)40-22-28(26-67-50(52)53)25-61(40)49(64)42(29-8-5-4-6-9-29)58-47(62)30-11-12-30/h4-6,8-9,13-20,23-24,27-28,30,39-42,50H,7,10-12,21-22,25-26H2,1-3H3,(H,54,56)(H,55,57)(H,58,62)(H,59,65). The van der Waals surface area contributed by atoms with Crippen molar-refractivity contribution in [3.05, 3.63) is 108 Å². The Kier molecular flexibility index (Phi) is 11.8. The van der Waals surface area contributed by atoms with Crippen LogP contribution in [0.25, 0.3) is 54.7 Å². The minimum absolute atomic E-state index is 0.119. The number of likely N-dealkylation sites (tertiary alicyclic amines) is 2. The summed E-state index contributed by atoms with van der Waals surface area (Å²) >= 11 is 0. The van der Waals surface area contributed by atoms with E-state index in [0.29, 0.717) is 30.2 Å². The molecule has 5 aromatic carbocycles. The molecule has 2 aromatic heterocycles. The molecule has 1 saturated carbocycles. The molecule has 2 aliphatic heterocycles. The molecule has 0 spiro atoms. The molecule has 4 amide bonds. The van der Waals surface area contributed by atoms with Crippen molar-refractivity contribution in [3.8, 4) is 11.1 Å². The Morgan fingerprint density at radius 1 is 0.761 bits per heavy atom. The highest BCUT2D eigenvalue weighted by molar-refractivity contribution is 6.07. The number of hydrogen-bond acceptors (Lipinski definition) is 8. The molecule has 67 heavy (non-hydrogen) atoms. The van der Waals surface area contributed by atoms with Gasteiger partial charge in [-0.05, 0) is 89.8 Å². The number of methoxy groups -OCH3 is 1. The summed E-state index contributed by atoms with van der Waals surface area (Å²) in [5.41, 5.74) is 5.83. The van der Waals surface area contributed by atoms with Crippen LogP contribution in [0.1, 0.15) is 81.3 Å². The van der Waals surface area contributed by atoms with Crippen LogP contribution in [0.2, 0.25) is 0 Å². The Labute approximate surface area is 384 Å². The first kappa shape index (κ1) is 43.9. The number of aromatic amines is 2. The molecule has 3 aliphatic rings. The number of carbonyl (C=O) groups is 4. The number of carbonyl (C=O) groups excluding carboxylic acids is 4. The molecule has 4 N–H and O–H groups in total. The van der Waals surface area contributed by atoms with E-state index in [-0.39, 0.29) is 54.7 Å². The molecule has 5 atom stereocenters. The Hall–Kier alpha value is -6.94. The molecule has 346 valence electrons. The lowest BCUT2D eigenvalue weighted by Gasteiger charge is -2.29. The van der Waals surface area contributed by atoms with Gasteiger partial charge in [0.1, 0.15) is 23.7 Å². The largest absolute Gasteiger partial charge is 0.453 e. The second-order valence-electron chi connectivity index (χ2n) is 18.4. The third-order valence-corrected chi connectivity index (χ3v) is 13.6. The third-order valence-electron chi connectivity index (χ3n) is 13.6. The van der Waals surface area contributed by atoms with Crippen LogP contribution in [0, 0.1) is 17.8 Å². The van der Waals surface area contributed by atoms with Gasteiger partial charge in [0, 0.05) is 35.7 Å². The number of fused-ring (bicyclic) bond motifs is 6. The smallest absolute Gasteiger partial charge is 0.407 e. The maximum Gasteiger partial charge on any atom is 0.407 e. The van der Waals surface area contributed by atoms with E-state index in [4.69, 9.17) is 19.4 Å². The van der Waals surface area contributed by atoms with Crippen molar-refractivity contribution in [1.29, 1.82) is 0 Å². The highest BCUT2D eigenvalue weighted by Crippen LogP contribution is 2.40. The number of rotatable bonds is 13. The number of nitrogens with zero attached hydrogens (tertiary/aromatic N) is 4. The van der Waals surface area contributed by atoms with E-state index in [1.54, 1.807) is 17.0 Å². The van der Waals surface area contributed by atoms with E-state index in [1.807, 2.05) is 61.2 Å². The average Bonchev–Trinajstić information content (AvgIpc) is 3.67. The van der Waals surface area contributed by atoms with Crippen LogP contribution >= 0.6 is 0 Å². The van der Waals surface area contributed by atoms with Crippen LogP contribution in [0.15, 0.2) is 91.0 Å². The summed E-state index contributed by atoms with van der Waals surface area (Å²) in [6, 6.07) is 27.2. The Balaban J connectivity index is 0.922. The molecular formula is C51H52F2N8O6. The number of hydrogen-bond donors (Lipinski definition) is 4. The zero-order valence-electron chi connectivity index (χ0n) is 37.4. The highest BCUT2D eigenvalue weighted by Gasteiger charge is 2.43. The Morgan fingerprint density at radius 3 is 1.97 bits per heavy atom. The average molecular weight is 911 g/mol. The molecule has 16 heteroatoms. The quantitative estimate of drug-likeness (QED) is 0.0888. The molecule has 3 fully saturated rings. The molecular weight excluding hydrogens is 859 g/mol. The van der Waals surface area contributed by atoms with Gasteiger partial charge in [-0.2, -0.15) is 8.78 Å². The number of halogens is 2. The van der Waals surface area contributed by atoms with Crippen LogP contribution in [0.3, 0.4) is 0 Å². The van der Waals surface area contributed by atoms with Crippen molar-refractivity contribution in [2.24, 2.45) is 17.8 Å². The number of amides is 4. The number of imidazole rings is 2. The van der Waals surface area contributed by atoms with Gasteiger partial charge in [0.05, 0.1) is 47.9 Å². The second-order valence-corrected chi connectivity index (χ2v) is 18.4. The number of alkyl carbamates (subject to hydrolysis) is 1. The molecule has 4 heterocycles. The van der Waals surface area contributed by atoms with Crippen LogP contribution in [-0.2, 0) is 23.9 Å². The number of H-pyrrole nitrogens is 2. The van der Waals surface area contributed by atoms with Gasteiger partial charge in [0.15, 0.2) is 0 Å². The predicted octanol–water partition coefficient (Wildman–Crippen LogP) is 8.85. The van der Waals surface area contributed by atoms with Crippen molar-refractivity contribution in [2.75, 3.05) is 26.8 Å². The van der Waals surface area contributed by atoms with E-state index >= 15 is 0 Å². The summed E-state index contributed by atoms with van der Waals surface area (Å²) in [6.07, 6.45) is 2.83. The van der Waals surface area contributed by atoms with Crippen LogP contribution in [0.5, 0.6) is 0 Å². The lowest BCUT2D eigenvalue weighted by molar-refractivity contribution is -0.140. The van der Waals surface area contributed by atoms with Crippen molar-refractivity contribution in [3.63, 3.8) is 0 Å². The molecule has 2 saturated heterocycles. The summed E-state index contributed by atoms with van der Waals surface area (Å²) < 4.78 is 36.0. The maximum atomic E-state index is 14.6. The minimum atomic E-state index is -2.94. The predicted molar refractivity (Wildman–Crippen MR) is 249 cm³/mol. The van der Waals surface area contributed by atoms with Crippen LogP contribution < -0.4 is 10.6 Å². The van der Waals surface area contributed by atoms with E-state index in [9.17, 15) is 28.0 Å². The molecule has 5 unspecified atom stereocenters. The number of nitrogens with one attached hydrogen (secondary N) is 4.